The van der Waals surface area contributed by atoms with Crippen LogP contribution in [0.2, 0.25) is 0 Å². The number of nitrogens with one attached hydrogen (secondary N) is 3. The SMILES string of the molecule is O=S(=O)(NCC1CC1)NC1CCC(CNc2nccc3ccccc23)(c2ccccc2)CC1. The van der Waals surface area contributed by atoms with Crippen molar-refractivity contribution in [1.82, 2.24) is 14.4 Å². The smallest absolute Gasteiger partial charge is 0.277 e. The van der Waals surface area contributed by atoms with Crippen molar-refractivity contribution in [2.45, 2.75) is 50.0 Å². The maximum Gasteiger partial charge on any atom is 0.277 e. The minimum absolute atomic E-state index is 0.0331. The molecule has 1 heterocycles. The van der Waals surface area contributed by atoms with Crippen molar-refractivity contribution in [3.05, 3.63) is 72.4 Å². The highest BCUT2D eigenvalue weighted by molar-refractivity contribution is 7.87. The maximum atomic E-state index is 12.5. The van der Waals surface area contributed by atoms with Gasteiger partial charge in [0.2, 0.25) is 0 Å². The van der Waals surface area contributed by atoms with Crippen LogP contribution in [0, 0.1) is 5.92 Å². The highest BCUT2D eigenvalue weighted by Crippen LogP contribution is 2.40. The number of nitrogens with zero attached hydrogens (tertiary/aromatic N) is 1. The van der Waals surface area contributed by atoms with E-state index >= 15 is 0 Å². The van der Waals surface area contributed by atoms with Crippen molar-refractivity contribution in [2.75, 3.05) is 18.4 Å². The second-order valence-corrected chi connectivity index (χ2v) is 11.1. The Kier molecular flexibility index (Phi) is 6.36. The summed E-state index contributed by atoms with van der Waals surface area (Å²) in [5.41, 5.74) is 1.23. The first-order valence-corrected chi connectivity index (χ1v) is 13.4. The van der Waals surface area contributed by atoms with E-state index in [4.69, 9.17) is 0 Å². The van der Waals surface area contributed by atoms with Crippen LogP contribution in [0.1, 0.15) is 44.1 Å². The average molecular weight is 465 g/mol. The Hall–Kier alpha value is -2.48. The Balaban J connectivity index is 1.30. The number of anilines is 1. The zero-order chi connectivity index (χ0) is 22.7. The predicted molar refractivity (Wildman–Crippen MR) is 133 cm³/mol. The van der Waals surface area contributed by atoms with Gasteiger partial charge < -0.3 is 5.32 Å². The van der Waals surface area contributed by atoms with Gasteiger partial charge in [-0.2, -0.15) is 13.1 Å². The quantitative estimate of drug-likeness (QED) is 0.439. The lowest BCUT2D eigenvalue weighted by molar-refractivity contribution is 0.272. The van der Waals surface area contributed by atoms with E-state index in [0.29, 0.717) is 12.5 Å². The zero-order valence-corrected chi connectivity index (χ0v) is 19.7. The second kappa shape index (κ2) is 9.41. The molecule has 33 heavy (non-hydrogen) atoms. The lowest BCUT2D eigenvalue weighted by Crippen LogP contribution is -2.48. The number of benzene rings is 2. The van der Waals surface area contributed by atoms with E-state index in [1.807, 2.05) is 30.5 Å². The Labute approximate surface area is 196 Å². The lowest BCUT2D eigenvalue weighted by atomic mass is 9.68. The third-order valence-corrected chi connectivity index (χ3v) is 8.37. The van der Waals surface area contributed by atoms with Gasteiger partial charge in [-0.25, -0.2) is 9.71 Å². The van der Waals surface area contributed by atoms with Crippen LogP contribution in [0.25, 0.3) is 10.8 Å². The average Bonchev–Trinajstić information content (AvgIpc) is 3.68. The van der Waals surface area contributed by atoms with E-state index in [2.05, 4.69) is 56.1 Å². The van der Waals surface area contributed by atoms with Crippen LogP contribution >= 0.6 is 0 Å². The molecule has 2 saturated carbocycles. The Morgan fingerprint density at radius 1 is 0.909 bits per heavy atom. The number of hydrogen-bond donors (Lipinski definition) is 3. The largest absolute Gasteiger partial charge is 0.369 e. The van der Waals surface area contributed by atoms with E-state index in [0.717, 1.165) is 56.3 Å². The molecule has 0 radical (unpaired) electrons. The summed E-state index contributed by atoms with van der Waals surface area (Å²) in [6.07, 6.45) is 7.54. The topological polar surface area (TPSA) is 83.1 Å². The molecule has 2 fully saturated rings. The normalized spacial score (nSPS) is 23.5. The summed E-state index contributed by atoms with van der Waals surface area (Å²) in [6.45, 7) is 1.31. The van der Waals surface area contributed by atoms with E-state index in [-0.39, 0.29) is 11.5 Å². The monoisotopic (exact) mass is 464 g/mol. The molecular weight excluding hydrogens is 432 g/mol. The minimum atomic E-state index is -3.44. The van der Waals surface area contributed by atoms with E-state index in [1.54, 1.807) is 0 Å². The third kappa shape index (κ3) is 5.37. The fraction of sp³-hybridized carbons (Fsp3) is 0.423. The molecule has 0 aliphatic heterocycles. The molecule has 1 aromatic heterocycles. The number of hydrogen-bond acceptors (Lipinski definition) is 4. The summed E-state index contributed by atoms with van der Waals surface area (Å²) >= 11 is 0. The number of rotatable bonds is 9. The molecule has 0 spiro atoms. The summed E-state index contributed by atoms with van der Waals surface area (Å²) in [6, 6.07) is 20.9. The molecule has 3 N–H and O–H groups in total. The Bertz CT molecular complexity index is 1180. The molecular formula is C26H32N4O2S. The van der Waals surface area contributed by atoms with Gasteiger partial charge in [-0.1, -0.05) is 54.6 Å². The number of fused-ring (bicyclic) bond motifs is 1. The van der Waals surface area contributed by atoms with Gasteiger partial charge in [0.15, 0.2) is 0 Å². The summed E-state index contributed by atoms with van der Waals surface area (Å²) < 4.78 is 30.5. The third-order valence-electron chi connectivity index (χ3n) is 7.18. The molecule has 2 aliphatic carbocycles. The number of aromatic nitrogens is 1. The van der Waals surface area contributed by atoms with Crippen LogP contribution in [0.15, 0.2) is 66.9 Å². The second-order valence-electron chi connectivity index (χ2n) is 9.57. The van der Waals surface area contributed by atoms with Crippen LogP contribution in [0.4, 0.5) is 5.82 Å². The standard InChI is InChI=1S/C26H32N4O2S/c31-33(32,29-18-20-10-11-20)30-23-12-15-26(16-13-23,22-7-2-1-3-8-22)19-28-25-24-9-5-4-6-21(24)14-17-27-25/h1-9,14,17,20,23,29-30H,10-13,15-16,18-19H2,(H,27,28). The Morgan fingerprint density at radius 2 is 1.64 bits per heavy atom. The highest BCUT2D eigenvalue weighted by Gasteiger charge is 2.38. The predicted octanol–water partition coefficient (Wildman–Crippen LogP) is 4.36. The van der Waals surface area contributed by atoms with Crippen LogP contribution in [0.3, 0.4) is 0 Å². The summed E-state index contributed by atoms with van der Waals surface area (Å²) in [4.78, 5) is 4.61. The molecule has 0 saturated heterocycles. The van der Waals surface area contributed by atoms with Gasteiger partial charge in [0.1, 0.15) is 5.82 Å². The first kappa shape index (κ1) is 22.3. The first-order valence-electron chi connectivity index (χ1n) is 11.9. The van der Waals surface area contributed by atoms with Crippen molar-refractivity contribution >= 4 is 26.8 Å². The molecule has 0 amide bonds. The molecule has 5 rings (SSSR count). The van der Waals surface area contributed by atoms with Crippen molar-refractivity contribution in [1.29, 1.82) is 0 Å². The minimum Gasteiger partial charge on any atom is -0.369 e. The van der Waals surface area contributed by atoms with Gasteiger partial charge in [0, 0.05) is 36.1 Å². The lowest BCUT2D eigenvalue weighted by Gasteiger charge is -2.41. The molecule has 0 bridgehead atoms. The molecule has 7 heteroatoms. The number of pyridine rings is 1. The van der Waals surface area contributed by atoms with Crippen molar-refractivity contribution in [2.24, 2.45) is 5.92 Å². The van der Waals surface area contributed by atoms with Gasteiger partial charge in [0.05, 0.1) is 0 Å². The zero-order valence-electron chi connectivity index (χ0n) is 18.8. The molecule has 2 aliphatic rings. The van der Waals surface area contributed by atoms with Gasteiger partial charge in [0.25, 0.3) is 10.2 Å². The summed E-state index contributed by atoms with van der Waals surface area (Å²) in [5.74, 6) is 1.42. The van der Waals surface area contributed by atoms with Crippen molar-refractivity contribution in [3.8, 4) is 0 Å². The van der Waals surface area contributed by atoms with Gasteiger partial charge in [-0.3, -0.25) is 0 Å². The fourth-order valence-electron chi connectivity index (χ4n) is 4.97. The fourth-order valence-corrected chi connectivity index (χ4v) is 6.18. The van der Waals surface area contributed by atoms with E-state index < -0.39 is 10.2 Å². The van der Waals surface area contributed by atoms with Crippen LogP contribution in [0.5, 0.6) is 0 Å². The van der Waals surface area contributed by atoms with E-state index in [9.17, 15) is 8.42 Å². The van der Waals surface area contributed by atoms with Crippen molar-refractivity contribution in [3.63, 3.8) is 0 Å². The van der Waals surface area contributed by atoms with Gasteiger partial charge in [-0.05, 0) is 61.5 Å². The van der Waals surface area contributed by atoms with Gasteiger partial charge >= 0.3 is 0 Å². The van der Waals surface area contributed by atoms with Gasteiger partial charge in [-0.15, -0.1) is 0 Å². The molecule has 174 valence electrons. The summed E-state index contributed by atoms with van der Waals surface area (Å²) in [5, 5.41) is 5.92. The maximum absolute atomic E-state index is 12.5. The van der Waals surface area contributed by atoms with Crippen LogP contribution < -0.4 is 14.8 Å². The van der Waals surface area contributed by atoms with E-state index in [1.165, 1.54) is 10.9 Å². The van der Waals surface area contributed by atoms with Crippen LogP contribution in [-0.4, -0.2) is 32.5 Å². The molecule has 6 nitrogen and oxygen atoms in total. The van der Waals surface area contributed by atoms with Crippen molar-refractivity contribution < 1.29 is 8.42 Å². The summed E-state index contributed by atoms with van der Waals surface area (Å²) in [7, 11) is -3.44. The molecule has 0 atom stereocenters. The first-order chi connectivity index (χ1) is 16.0. The molecule has 0 unspecified atom stereocenters. The molecule has 3 aromatic rings. The van der Waals surface area contributed by atoms with Crippen LogP contribution in [-0.2, 0) is 15.6 Å². The highest BCUT2D eigenvalue weighted by atomic mass is 32.2. The molecule has 2 aromatic carbocycles. The Morgan fingerprint density at radius 3 is 2.39 bits per heavy atom.